The van der Waals surface area contributed by atoms with E-state index in [0.29, 0.717) is 62.4 Å². The summed E-state index contributed by atoms with van der Waals surface area (Å²) >= 11 is 0. The molecule has 0 amide bonds. The van der Waals surface area contributed by atoms with E-state index in [-0.39, 0.29) is 22.0 Å². The highest BCUT2D eigenvalue weighted by molar-refractivity contribution is 5.70. The van der Waals surface area contributed by atoms with E-state index >= 15 is 0 Å². The van der Waals surface area contributed by atoms with Gasteiger partial charge < -0.3 is 24.1 Å². The molecule has 8 bridgehead atoms. The molecule has 4 aromatic carbocycles. The Morgan fingerprint density at radius 1 is 0.491 bits per heavy atom. The quantitative estimate of drug-likeness (QED) is 0.112. The molecule has 57 heavy (non-hydrogen) atoms. The first-order valence-electron chi connectivity index (χ1n) is 21.1. The maximum atomic E-state index is 12.4. The Bertz CT molecular complexity index is 1940. The number of ether oxygens (including phenoxy) is 4. The van der Waals surface area contributed by atoms with E-state index in [9.17, 15) is 9.90 Å². The largest absolute Gasteiger partial charge is 0.507 e. The smallest absolute Gasteiger partial charge is 0.308 e. The van der Waals surface area contributed by atoms with Crippen LogP contribution in [0.3, 0.4) is 0 Å². The van der Waals surface area contributed by atoms with E-state index in [1.807, 2.05) is 0 Å². The van der Waals surface area contributed by atoms with Crippen molar-refractivity contribution < 1.29 is 28.8 Å². The number of hydrogen-bond acceptors (Lipinski definition) is 6. The summed E-state index contributed by atoms with van der Waals surface area (Å²) in [7, 11) is 0. The Morgan fingerprint density at radius 2 is 0.754 bits per heavy atom. The average Bonchev–Trinajstić information content (AvgIpc) is 3.10. The van der Waals surface area contributed by atoms with Crippen molar-refractivity contribution in [2.24, 2.45) is 0 Å². The van der Waals surface area contributed by atoms with Crippen LogP contribution in [0.15, 0.2) is 48.5 Å². The van der Waals surface area contributed by atoms with Crippen molar-refractivity contribution in [3.63, 3.8) is 0 Å². The standard InChI is InChI=1S/C51H68O6/c1-14-17-54-46-35-20-33-30-44(57-32(4)52)31-34(45(33)53)21-36-25-42(50(8,9)10)27-38(47(36)55-18-15-2)23-40-29-43(51(11,12)13)28-39(48(40)56-19-16-3)22-37(46)26-41(24-35)49(5,6)7/h24-31,53H,14-23H2,1-13H3. The lowest BCUT2D eigenvalue weighted by atomic mass is 9.80. The van der Waals surface area contributed by atoms with Crippen LogP contribution in [0.5, 0.6) is 28.7 Å². The van der Waals surface area contributed by atoms with Crippen LogP contribution in [0.1, 0.15) is 170 Å². The van der Waals surface area contributed by atoms with E-state index in [1.165, 1.54) is 23.6 Å². The first-order chi connectivity index (χ1) is 26.7. The van der Waals surface area contributed by atoms with Gasteiger partial charge in [-0.05, 0) is 97.7 Å². The van der Waals surface area contributed by atoms with Gasteiger partial charge in [0.15, 0.2) is 0 Å². The molecule has 0 saturated carbocycles. The van der Waals surface area contributed by atoms with Crippen molar-refractivity contribution in [2.75, 3.05) is 19.8 Å². The summed E-state index contributed by atoms with van der Waals surface area (Å²) in [4.78, 5) is 12.4. The molecule has 0 spiro atoms. The Hall–Kier alpha value is -4.45. The second kappa shape index (κ2) is 17.6. The highest BCUT2D eigenvalue weighted by Gasteiger charge is 2.28. The number of aromatic hydroxyl groups is 1. The van der Waals surface area contributed by atoms with Crippen molar-refractivity contribution in [3.8, 4) is 28.7 Å². The van der Waals surface area contributed by atoms with Gasteiger partial charge in [-0.25, -0.2) is 0 Å². The first kappa shape index (κ1) is 43.7. The number of phenols is 1. The predicted octanol–water partition coefficient (Wildman–Crippen LogP) is 12.3. The van der Waals surface area contributed by atoms with E-state index in [2.05, 4.69) is 119 Å². The highest BCUT2D eigenvalue weighted by Crippen LogP contribution is 2.44. The monoisotopic (exact) mass is 777 g/mol. The molecule has 308 valence electrons. The summed E-state index contributed by atoms with van der Waals surface area (Å²) in [6.07, 6.45) is 4.54. The zero-order chi connectivity index (χ0) is 41.9. The number of phenolic OH excluding ortho intramolecular Hbond substituents is 1. The normalized spacial score (nSPS) is 13.3. The molecule has 6 heteroatoms. The second-order valence-electron chi connectivity index (χ2n) is 19.1. The number of carbonyl (C=O) groups is 1. The molecule has 0 aliphatic heterocycles. The topological polar surface area (TPSA) is 74.2 Å². The molecular formula is C51H68O6. The number of hydrogen-bond donors (Lipinski definition) is 1. The molecule has 4 aromatic rings. The fraction of sp³-hybridized carbons (Fsp3) is 0.510. The minimum atomic E-state index is -0.412. The Balaban J connectivity index is 1.97. The number of esters is 1. The minimum absolute atomic E-state index is 0.118. The van der Waals surface area contributed by atoms with E-state index < -0.39 is 5.97 Å². The molecule has 0 fully saturated rings. The van der Waals surface area contributed by atoms with E-state index in [4.69, 9.17) is 18.9 Å². The van der Waals surface area contributed by atoms with Gasteiger partial charge in [0.2, 0.25) is 0 Å². The van der Waals surface area contributed by atoms with Crippen LogP contribution in [-0.2, 0) is 46.7 Å². The molecular weight excluding hydrogens is 709 g/mol. The van der Waals surface area contributed by atoms with Crippen molar-refractivity contribution in [2.45, 2.75) is 151 Å². The minimum Gasteiger partial charge on any atom is -0.507 e. The maximum Gasteiger partial charge on any atom is 0.308 e. The van der Waals surface area contributed by atoms with Crippen molar-refractivity contribution in [1.29, 1.82) is 0 Å². The molecule has 5 rings (SSSR count). The molecule has 6 nitrogen and oxygen atoms in total. The van der Waals surface area contributed by atoms with Gasteiger partial charge in [0, 0.05) is 43.7 Å². The van der Waals surface area contributed by atoms with Crippen molar-refractivity contribution in [3.05, 3.63) is 110 Å². The lowest BCUT2D eigenvalue weighted by molar-refractivity contribution is -0.131. The van der Waals surface area contributed by atoms with Crippen LogP contribution in [0.4, 0.5) is 0 Å². The Morgan fingerprint density at radius 3 is 0.982 bits per heavy atom. The van der Waals surface area contributed by atoms with Gasteiger partial charge in [-0.2, -0.15) is 0 Å². The Kier molecular flexibility index (Phi) is 13.5. The lowest BCUT2D eigenvalue weighted by Crippen LogP contribution is -2.17. The SMILES string of the molecule is CCCOc1c2cc(C(C)(C)C)cc1Cc1cc(C(C)(C)C)cc(c1OCCC)Cc1cc(C(C)(C)C)cc(c1OCCC)Cc1cc(OC(C)=O)cc(c1O)C2. The van der Waals surface area contributed by atoms with Gasteiger partial charge in [-0.3, -0.25) is 4.79 Å². The van der Waals surface area contributed by atoms with Gasteiger partial charge in [-0.15, -0.1) is 0 Å². The van der Waals surface area contributed by atoms with Gasteiger partial charge in [0.05, 0.1) is 19.8 Å². The molecule has 1 aliphatic carbocycles. The fourth-order valence-electron chi connectivity index (χ4n) is 7.56. The van der Waals surface area contributed by atoms with Crippen molar-refractivity contribution >= 4 is 5.97 Å². The molecule has 0 radical (unpaired) electrons. The van der Waals surface area contributed by atoms with Gasteiger partial charge in [-0.1, -0.05) is 119 Å². The summed E-state index contributed by atoms with van der Waals surface area (Å²) in [5.41, 5.74) is 10.9. The summed E-state index contributed by atoms with van der Waals surface area (Å²) in [5, 5.41) is 12.3. The van der Waals surface area contributed by atoms with E-state index in [1.54, 1.807) is 12.1 Å². The summed E-state index contributed by atoms with van der Waals surface area (Å²) < 4.78 is 26.1. The van der Waals surface area contributed by atoms with Crippen LogP contribution in [-0.4, -0.2) is 30.9 Å². The van der Waals surface area contributed by atoms with Crippen LogP contribution in [0, 0.1) is 0 Å². The van der Waals surface area contributed by atoms with Crippen LogP contribution >= 0.6 is 0 Å². The fourth-order valence-corrected chi connectivity index (χ4v) is 7.56. The summed E-state index contributed by atoms with van der Waals surface area (Å²) in [6.45, 7) is 29.8. The summed E-state index contributed by atoms with van der Waals surface area (Å²) in [5.74, 6) is 2.76. The molecule has 0 aromatic heterocycles. The number of rotatable bonds is 10. The zero-order valence-corrected chi connectivity index (χ0v) is 37.2. The molecule has 0 unspecified atom stereocenters. The van der Waals surface area contributed by atoms with Gasteiger partial charge in [0.25, 0.3) is 0 Å². The average molecular weight is 777 g/mol. The molecule has 0 saturated heterocycles. The molecule has 0 heterocycles. The second-order valence-corrected chi connectivity index (χ2v) is 19.1. The van der Waals surface area contributed by atoms with Gasteiger partial charge >= 0.3 is 5.97 Å². The predicted molar refractivity (Wildman–Crippen MR) is 233 cm³/mol. The highest BCUT2D eigenvalue weighted by atomic mass is 16.5. The molecule has 0 atom stereocenters. The third-order valence-electron chi connectivity index (χ3n) is 10.7. The van der Waals surface area contributed by atoms with Gasteiger partial charge in [0.1, 0.15) is 28.7 Å². The van der Waals surface area contributed by atoms with Crippen LogP contribution in [0.2, 0.25) is 0 Å². The third kappa shape index (κ3) is 10.5. The third-order valence-corrected chi connectivity index (χ3v) is 10.7. The number of carbonyl (C=O) groups excluding carboxylic acids is 1. The van der Waals surface area contributed by atoms with Crippen LogP contribution in [0.25, 0.3) is 0 Å². The zero-order valence-electron chi connectivity index (χ0n) is 37.2. The molecule has 1 N–H and O–H groups in total. The molecule has 1 aliphatic rings. The first-order valence-corrected chi connectivity index (χ1v) is 21.1. The van der Waals surface area contributed by atoms with Crippen LogP contribution < -0.4 is 18.9 Å². The van der Waals surface area contributed by atoms with Crippen molar-refractivity contribution in [1.82, 2.24) is 0 Å². The Labute approximate surface area is 343 Å². The maximum absolute atomic E-state index is 12.4. The van der Waals surface area contributed by atoms with E-state index in [0.717, 1.165) is 69.9 Å². The summed E-state index contributed by atoms with van der Waals surface area (Å²) in [6, 6.07) is 17.4. The lowest BCUT2D eigenvalue weighted by Gasteiger charge is -2.28. The number of benzene rings is 4. The number of fused-ring (bicyclic) bond motifs is 8.